The molecule has 2 bridgehead atoms. The Morgan fingerprint density at radius 2 is 1.97 bits per heavy atom. The maximum absolute atomic E-state index is 13.5. The van der Waals surface area contributed by atoms with Gasteiger partial charge in [0.25, 0.3) is 0 Å². The Kier molecular flexibility index (Phi) is 5.67. The first-order chi connectivity index (χ1) is 16.5. The number of benzene rings is 2. The number of fused-ring (bicyclic) bond motifs is 1. The number of ether oxygens (including phenoxy) is 1. The van der Waals surface area contributed by atoms with Crippen LogP contribution in [-0.2, 0) is 28.0 Å². The first kappa shape index (κ1) is 22.5. The van der Waals surface area contributed by atoms with Crippen LogP contribution in [0.4, 0.5) is 0 Å². The van der Waals surface area contributed by atoms with Crippen molar-refractivity contribution < 1.29 is 14.6 Å². The molecule has 2 saturated carbocycles. The monoisotopic (exact) mass is 459 g/mol. The van der Waals surface area contributed by atoms with Crippen LogP contribution in [0.1, 0.15) is 60.8 Å². The second-order valence-electron chi connectivity index (χ2n) is 11.4. The molecule has 3 aliphatic carbocycles. The molecule has 1 heterocycles. The number of aryl methyl sites for hydroxylation is 1. The number of ketones is 1. The maximum Gasteiger partial charge on any atom is 0.137 e. The highest BCUT2D eigenvalue weighted by atomic mass is 16.5. The number of hydrogen-bond donors (Lipinski definition) is 1. The second-order valence-corrected chi connectivity index (χ2v) is 11.4. The molecular formula is C30H37NO3. The van der Waals surface area contributed by atoms with E-state index in [1.165, 1.54) is 29.5 Å². The third-order valence-corrected chi connectivity index (χ3v) is 9.24. The third kappa shape index (κ3) is 3.75. The van der Waals surface area contributed by atoms with E-state index in [4.69, 9.17) is 4.74 Å². The molecule has 0 aromatic heterocycles. The van der Waals surface area contributed by atoms with Gasteiger partial charge >= 0.3 is 0 Å². The van der Waals surface area contributed by atoms with Crippen molar-refractivity contribution in [2.24, 2.45) is 11.8 Å². The van der Waals surface area contributed by atoms with Gasteiger partial charge in [-0.25, -0.2) is 0 Å². The largest absolute Gasteiger partial charge is 0.387 e. The first-order valence-electron chi connectivity index (χ1n) is 13.2. The summed E-state index contributed by atoms with van der Waals surface area (Å²) >= 11 is 0. The summed E-state index contributed by atoms with van der Waals surface area (Å²) in [6.07, 6.45) is 6.15. The average Bonchev–Trinajstić information content (AvgIpc) is 3.64. The van der Waals surface area contributed by atoms with Crippen molar-refractivity contribution >= 4 is 5.78 Å². The fraction of sp³-hybridized carbons (Fsp3) is 0.567. The lowest BCUT2D eigenvalue weighted by molar-refractivity contribution is -0.183. The van der Waals surface area contributed by atoms with Gasteiger partial charge in [-0.1, -0.05) is 54.1 Å². The first-order valence-corrected chi connectivity index (χ1v) is 13.2. The minimum absolute atomic E-state index is 0.109. The average molecular weight is 460 g/mol. The van der Waals surface area contributed by atoms with Gasteiger partial charge in [-0.05, 0) is 74.6 Å². The predicted octanol–water partition coefficient (Wildman–Crippen LogP) is 4.59. The van der Waals surface area contributed by atoms with Crippen LogP contribution in [0, 0.1) is 18.8 Å². The van der Waals surface area contributed by atoms with Crippen LogP contribution < -0.4 is 0 Å². The summed E-state index contributed by atoms with van der Waals surface area (Å²) in [5.74, 6) is 0.989. The molecule has 1 aliphatic heterocycles. The van der Waals surface area contributed by atoms with Crippen LogP contribution >= 0.6 is 0 Å². The van der Waals surface area contributed by atoms with E-state index in [-0.39, 0.29) is 12.0 Å². The van der Waals surface area contributed by atoms with Crippen LogP contribution in [0.5, 0.6) is 0 Å². The number of carbonyl (C=O) groups is 1. The van der Waals surface area contributed by atoms with Crippen LogP contribution in [-0.4, -0.2) is 47.1 Å². The fourth-order valence-corrected chi connectivity index (χ4v) is 7.22. The summed E-state index contributed by atoms with van der Waals surface area (Å²) < 4.78 is 5.94. The molecule has 4 aliphatic rings. The minimum atomic E-state index is -0.848. The Morgan fingerprint density at radius 3 is 2.76 bits per heavy atom. The molecule has 0 spiro atoms. The number of hydrogen-bond acceptors (Lipinski definition) is 4. The van der Waals surface area contributed by atoms with Crippen LogP contribution in [0.2, 0.25) is 0 Å². The summed E-state index contributed by atoms with van der Waals surface area (Å²) in [4.78, 5) is 16.1. The van der Waals surface area contributed by atoms with E-state index in [9.17, 15) is 9.90 Å². The van der Waals surface area contributed by atoms with Crippen molar-refractivity contribution in [2.75, 3.05) is 19.7 Å². The summed E-state index contributed by atoms with van der Waals surface area (Å²) in [5.41, 5.74) is 3.69. The van der Waals surface area contributed by atoms with Crippen molar-refractivity contribution in [2.45, 2.75) is 75.5 Å². The molecule has 6 rings (SSSR count). The van der Waals surface area contributed by atoms with E-state index in [0.29, 0.717) is 38.3 Å². The summed E-state index contributed by atoms with van der Waals surface area (Å²) in [6, 6.07) is 17.0. The Bertz CT molecular complexity index is 1060. The van der Waals surface area contributed by atoms with Gasteiger partial charge < -0.3 is 9.84 Å². The van der Waals surface area contributed by atoms with Gasteiger partial charge in [-0.15, -0.1) is 0 Å². The van der Waals surface area contributed by atoms with Gasteiger partial charge in [-0.2, -0.15) is 0 Å². The van der Waals surface area contributed by atoms with Crippen molar-refractivity contribution in [1.82, 2.24) is 4.90 Å². The maximum atomic E-state index is 13.5. The molecule has 2 aromatic carbocycles. The quantitative estimate of drug-likeness (QED) is 0.616. The summed E-state index contributed by atoms with van der Waals surface area (Å²) in [7, 11) is 0. The van der Waals surface area contributed by atoms with Crippen molar-refractivity contribution in [3.63, 3.8) is 0 Å². The van der Waals surface area contributed by atoms with E-state index in [1.54, 1.807) is 0 Å². The molecule has 4 heteroatoms. The lowest BCUT2D eigenvalue weighted by Crippen LogP contribution is -2.74. The van der Waals surface area contributed by atoms with Gasteiger partial charge in [0.05, 0.1) is 12.2 Å². The molecule has 4 nitrogen and oxygen atoms in total. The predicted molar refractivity (Wildman–Crippen MR) is 133 cm³/mol. The standard InChI is InChI=1S/C30H37NO3/c1-21-7-10-24-16-28-30(33)17-25(11-14-34-20-23-5-3-2-4-6-23)27(32)18-29(30,26(24)15-21)12-13-31(28)19-22-8-9-22/h2-7,10,15,22,25,28,33H,8-9,11-14,16-20H2,1H3/t25-,28+,29+,30+/m0/s1. The van der Waals surface area contributed by atoms with Crippen molar-refractivity contribution in [1.29, 1.82) is 0 Å². The molecule has 2 aromatic rings. The SMILES string of the molecule is Cc1ccc2c(c1)[C@]13CCN(CC4CC4)[C@H](C2)[C@]1(O)C[C@H](CCOCc1ccccc1)C(=O)C3. The highest BCUT2D eigenvalue weighted by molar-refractivity contribution is 5.85. The van der Waals surface area contributed by atoms with E-state index >= 15 is 0 Å². The summed E-state index contributed by atoms with van der Waals surface area (Å²) in [5, 5.41) is 12.6. The molecule has 1 N–H and O–H groups in total. The number of nitrogens with zero attached hydrogens (tertiary/aromatic N) is 1. The fourth-order valence-electron chi connectivity index (χ4n) is 7.22. The Labute approximate surface area is 203 Å². The van der Waals surface area contributed by atoms with Gasteiger partial charge in [-0.3, -0.25) is 9.69 Å². The third-order valence-electron chi connectivity index (χ3n) is 9.24. The Morgan fingerprint density at radius 1 is 1.15 bits per heavy atom. The summed E-state index contributed by atoms with van der Waals surface area (Å²) in [6.45, 7) is 5.35. The zero-order chi connectivity index (χ0) is 23.3. The van der Waals surface area contributed by atoms with E-state index in [1.807, 2.05) is 18.2 Å². The number of aliphatic hydroxyl groups is 1. The van der Waals surface area contributed by atoms with Gasteiger partial charge in [0, 0.05) is 36.9 Å². The lowest BCUT2D eigenvalue weighted by Gasteiger charge is -2.64. The molecule has 3 fully saturated rings. The minimum Gasteiger partial charge on any atom is -0.387 e. The van der Waals surface area contributed by atoms with Crippen molar-refractivity contribution in [3.05, 3.63) is 70.8 Å². The second kappa shape index (κ2) is 8.58. The highest BCUT2D eigenvalue weighted by Crippen LogP contribution is 2.59. The number of likely N-dealkylation sites (tertiary alicyclic amines) is 1. The number of rotatable bonds is 7. The van der Waals surface area contributed by atoms with Gasteiger partial charge in [0.15, 0.2) is 0 Å². The highest BCUT2D eigenvalue weighted by Gasteiger charge is 2.66. The molecule has 34 heavy (non-hydrogen) atoms. The molecule has 1 saturated heterocycles. The van der Waals surface area contributed by atoms with E-state index < -0.39 is 11.0 Å². The van der Waals surface area contributed by atoms with E-state index in [2.05, 4.69) is 42.2 Å². The normalized spacial score (nSPS) is 32.8. The Balaban J connectivity index is 1.25. The Hall–Kier alpha value is -2.01. The number of Topliss-reactive ketones (excluding diaryl/α,β-unsaturated/α-hetero) is 1. The molecular weight excluding hydrogens is 422 g/mol. The zero-order valence-electron chi connectivity index (χ0n) is 20.3. The smallest absolute Gasteiger partial charge is 0.137 e. The van der Waals surface area contributed by atoms with Gasteiger partial charge in [0.1, 0.15) is 5.78 Å². The van der Waals surface area contributed by atoms with Crippen LogP contribution in [0.25, 0.3) is 0 Å². The van der Waals surface area contributed by atoms with Crippen LogP contribution in [0.3, 0.4) is 0 Å². The van der Waals surface area contributed by atoms with E-state index in [0.717, 1.165) is 37.4 Å². The lowest BCUT2D eigenvalue weighted by atomic mass is 9.47. The molecule has 4 atom stereocenters. The molecule has 0 radical (unpaired) electrons. The number of carbonyl (C=O) groups excluding carboxylic acids is 1. The number of piperidine rings is 1. The van der Waals surface area contributed by atoms with Crippen LogP contribution in [0.15, 0.2) is 48.5 Å². The topological polar surface area (TPSA) is 49.8 Å². The van der Waals surface area contributed by atoms with Crippen molar-refractivity contribution in [3.8, 4) is 0 Å². The zero-order valence-corrected chi connectivity index (χ0v) is 20.3. The molecule has 180 valence electrons. The van der Waals surface area contributed by atoms with Gasteiger partial charge in [0.2, 0.25) is 0 Å². The molecule has 0 amide bonds. The molecule has 0 unspecified atom stereocenters.